The van der Waals surface area contributed by atoms with Crippen LogP contribution in [0.25, 0.3) is 0 Å². The lowest BCUT2D eigenvalue weighted by Crippen LogP contribution is -2.28. The highest BCUT2D eigenvalue weighted by Gasteiger charge is 2.37. The Balaban J connectivity index is 2.29. The van der Waals surface area contributed by atoms with Crippen LogP contribution in [0.1, 0.15) is 19.3 Å². The summed E-state index contributed by atoms with van der Waals surface area (Å²) in [6.45, 7) is -0.301. The third-order valence-electron chi connectivity index (χ3n) is 3.69. The van der Waals surface area contributed by atoms with Crippen LogP contribution in [0.5, 0.6) is 0 Å². The van der Waals surface area contributed by atoms with Crippen molar-refractivity contribution in [3.63, 3.8) is 0 Å². The van der Waals surface area contributed by atoms with Gasteiger partial charge in [0.05, 0.1) is 26.4 Å². The van der Waals surface area contributed by atoms with Gasteiger partial charge in [-0.3, -0.25) is 18.1 Å². The van der Waals surface area contributed by atoms with Crippen LogP contribution in [-0.4, -0.2) is 79.9 Å². The zero-order chi connectivity index (χ0) is 21.2. The first-order valence-electron chi connectivity index (χ1n) is 8.39. The van der Waals surface area contributed by atoms with Gasteiger partial charge in [-0.25, -0.2) is 13.9 Å². The Morgan fingerprint density at radius 2 is 1.93 bits per heavy atom. The minimum absolute atomic E-state index is 0.0317. The number of hydrogen-bond acceptors (Lipinski definition) is 10. The number of carbonyl (C=O) groups is 1. The molecular weight excluding hydrogens is 424 g/mol. The molecule has 0 aromatic carbocycles. The predicted molar refractivity (Wildman–Crippen MR) is 93.4 cm³/mol. The highest BCUT2D eigenvalue weighted by Crippen LogP contribution is 2.47. The van der Waals surface area contributed by atoms with E-state index in [0.717, 1.165) is 7.11 Å². The van der Waals surface area contributed by atoms with Crippen molar-refractivity contribution in [3.05, 3.63) is 0 Å². The van der Waals surface area contributed by atoms with Crippen LogP contribution in [0.3, 0.4) is 0 Å². The van der Waals surface area contributed by atoms with E-state index in [1.807, 2.05) is 0 Å². The van der Waals surface area contributed by atoms with Gasteiger partial charge in [-0.1, -0.05) is 0 Å². The second-order valence-corrected chi connectivity index (χ2v) is 8.71. The quantitative estimate of drug-likeness (QED) is 0.286. The molecule has 0 spiro atoms. The molecule has 4 N–H and O–H groups in total. The Kier molecular flexibility index (Phi) is 11.1. The molecule has 4 unspecified atom stereocenters. The summed E-state index contributed by atoms with van der Waals surface area (Å²) in [6, 6.07) is 0. The summed E-state index contributed by atoms with van der Waals surface area (Å²) in [5.74, 6) is 0. The number of methoxy groups -OCH3 is 1. The number of aliphatic hydroxyl groups is 1. The monoisotopic (exact) mass is 451 g/mol. The Bertz CT molecular complexity index is 576. The molecule has 0 aromatic heterocycles. The first kappa shape index (κ1) is 25.4. The minimum atomic E-state index is -4.43. The van der Waals surface area contributed by atoms with E-state index in [4.69, 9.17) is 18.3 Å². The second kappa shape index (κ2) is 12.2. The molecule has 0 bridgehead atoms. The smallest absolute Gasteiger partial charge is 0.453 e. The van der Waals surface area contributed by atoms with Crippen molar-refractivity contribution < 1.29 is 56.4 Å². The Morgan fingerprint density at radius 3 is 2.57 bits per heavy atom. The molecule has 166 valence electrons. The van der Waals surface area contributed by atoms with Crippen molar-refractivity contribution in [2.75, 3.05) is 40.6 Å². The van der Waals surface area contributed by atoms with Gasteiger partial charge >= 0.3 is 21.7 Å². The van der Waals surface area contributed by atoms with E-state index >= 15 is 0 Å². The van der Waals surface area contributed by atoms with Crippen LogP contribution in [0.4, 0.5) is 4.79 Å². The molecule has 1 aliphatic heterocycles. The van der Waals surface area contributed by atoms with Gasteiger partial charge in [-0.2, -0.15) is 0 Å². The Labute approximate surface area is 162 Å². The van der Waals surface area contributed by atoms with Gasteiger partial charge in [0.2, 0.25) is 0 Å². The fourth-order valence-electron chi connectivity index (χ4n) is 2.19. The zero-order valence-electron chi connectivity index (χ0n) is 15.6. The number of phosphoric ester groups is 2. The normalized spacial score (nSPS) is 24.9. The summed E-state index contributed by atoms with van der Waals surface area (Å²) < 4.78 is 51.8. The summed E-state index contributed by atoms with van der Waals surface area (Å²) in [5.41, 5.74) is 0. The van der Waals surface area contributed by atoms with Gasteiger partial charge in [-0.15, -0.1) is 0 Å². The van der Waals surface area contributed by atoms with Crippen LogP contribution < -0.4 is 5.32 Å². The molecule has 1 saturated heterocycles. The van der Waals surface area contributed by atoms with E-state index in [1.54, 1.807) is 0 Å². The standard InChI is InChI=1S/C13H27NO12P2/c1-21-13(16)14-6-3-10(15)4-8-24-28(19,20)25-9-12-11(5-7-23-12)26-27(17,18)22-2/h10-12,15H,3-9H2,1-2H3,(H,14,16)(H,17,18)(H,19,20)/t10?,11?,12-/m1/s1. The predicted octanol–water partition coefficient (Wildman–Crippen LogP) is 0.538. The maximum Gasteiger partial charge on any atom is 0.472 e. The number of amides is 1. The van der Waals surface area contributed by atoms with Crippen molar-refractivity contribution in [2.45, 2.75) is 37.6 Å². The van der Waals surface area contributed by atoms with E-state index in [1.165, 1.54) is 7.11 Å². The molecule has 13 nitrogen and oxygen atoms in total. The van der Waals surface area contributed by atoms with Gasteiger partial charge in [0.25, 0.3) is 0 Å². The van der Waals surface area contributed by atoms with Gasteiger partial charge in [0.1, 0.15) is 12.2 Å². The summed E-state index contributed by atoms with van der Waals surface area (Å²) in [6.07, 6.45) is -2.69. The summed E-state index contributed by atoms with van der Waals surface area (Å²) in [5, 5.41) is 12.1. The van der Waals surface area contributed by atoms with E-state index in [2.05, 4.69) is 14.6 Å². The lowest BCUT2D eigenvalue weighted by molar-refractivity contribution is -0.00221. The lowest BCUT2D eigenvalue weighted by Gasteiger charge is -2.21. The highest BCUT2D eigenvalue weighted by atomic mass is 31.2. The van der Waals surface area contributed by atoms with Crippen LogP contribution in [0, 0.1) is 0 Å². The van der Waals surface area contributed by atoms with Gasteiger partial charge in [-0.05, 0) is 12.8 Å². The lowest BCUT2D eigenvalue weighted by atomic mass is 10.2. The number of alkyl carbamates (subject to hydrolysis) is 1. The van der Waals surface area contributed by atoms with E-state index in [-0.39, 0.29) is 39.0 Å². The number of rotatable bonds is 13. The van der Waals surface area contributed by atoms with Crippen molar-refractivity contribution in [2.24, 2.45) is 0 Å². The molecule has 0 aromatic rings. The van der Waals surface area contributed by atoms with Crippen molar-refractivity contribution in [3.8, 4) is 0 Å². The number of aliphatic hydroxyl groups excluding tert-OH is 1. The van der Waals surface area contributed by atoms with Crippen LogP contribution in [-0.2, 0) is 36.7 Å². The molecule has 15 heteroatoms. The number of ether oxygens (including phenoxy) is 2. The van der Waals surface area contributed by atoms with E-state index in [9.17, 15) is 28.8 Å². The maximum atomic E-state index is 11.9. The molecule has 1 heterocycles. The topological polar surface area (TPSA) is 179 Å². The van der Waals surface area contributed by atoms with Crippen molar-refractivity contribution in [1.29, 1.82) is 0 Å². The Morgan fingerprint density at radius 1 is 1.21 bits per heavy atom. The molecular formula is C13H27NO12P2. The SMILES string of the molecule is COC(=O)NCCC(O)CCOP(=O)(O)OC[C@H]1OCCC1OP(=O)(O)OC. The molecule has 0 radical (unpaired) electrons. The van der Waals surface area contributed by atoms with Gasteiger partial charge in [0, 0.05) is 26.7 Å². The molecule has 1 fully saturated rings. The average Bonchev–Trinajstić information content (AvgIpc) is 3.06. The minimum Gasteiger partial charge on any atom is -0.453 e. The van der Waals surface area contributed by atoms with Gasteiger partial charge in [0.15, 0.2) is 0 Å². The second-order valence-electron chi connectivity index (χ2n) is 5.74. The molecule has 1 amide bonds. The maximum absolute atomic E-state index is 11.9. The average molecular weight is 451 g/mol. The first-order chi connectivity index (χ1) is 13.1. The molecule has 0 aliphatic carbocycles. The third kappa shape index (κ3) is 10.3. The summed E-state index contributed by atoms with van der Waals surface area (Å²) in [7, 11) is -6.44. The van der Waals surface area contributed by atoms with Crippen LogP contribution in [0.2, 0.25) is 0 Å². The van der Waals surface area contributed by atoms with Crippen LogP contribution in [0.15, 0.2) is 0 Å². The number of nitrogens with one attached hydrogen (secondary N) is 1. The molecule has 0 saturated carbocycles. The summed E-state index contributed by atoms with van der Waals surface area (Å²) >= 11 is 0. The van der Waals surface area contributed by atoms with Crippen LogP contribution >= 0.6 is 15.6 Å². The number of phosphoric acid groups is 2. The van der Waals surface area contributed by atoms with E-state index < -0.39 is 46.7 Å². The zero-order valence-corrected chi connectivity index (χ0v) is 17.4. The molecule has 5 atom stereocenters. The Hall–Kier alpha value is -0.590. The van der Waals surface area contributed by atoms with E-state index in [0.29, 0.717) is 0 Å². The molecule has 1 rings (SSSR count). The largest absolute Gasteiger partial charge is 0.472 e. The first-order valence-corrected chi connectivity index (χ1v) is 11.4. The molecule has 1 aliphatic rings. The number of hydrogen-bond donors (Lipinski definition) is 4. The summed E-state index contributed by atoms with van der Waals surface area (Å²) in [4.78, 5) is 29.9. The molecule has 28 heavy (non-hydrogen) atoms. The number of carbonyl (C=O) groups excluding carboxylic acids is 1. The van der Waals surface area contributed by atoms with Crippen molar-refractivity contribution in [1.82, 2.24) is 5.32 Å². The van der Waals surface area contributed by atoms with Crippen molar-refractivity contribution >= 4 is 21.7 Å². The fraction of sp³-hybridized carbons (Fsp3) is 0.923. The highest BCUT2D eigenvalue weighted by molar-refractivity contribution is 7.47. The van der Waals surface area contributed by atoms with Gasteiger partial charge < -0.3 is 29.7 Å². The fourth-order valence-corrected chi connectivity index (χ4v) is 3.60. The third-order valence-corrected chi connectivity index (χ3v) is 5.67.